The number of amides is 2. The Morgan fingerprint density at radius 1 is 0.759 bits per heavy atom. The molecule has 2 aliphatic heterocycles. The molecule has 29 heavy (non-hydrogen) atoms. The highest BCUT2D eigenvalue weighted by molar-refractivity contribution is 5.76. The quantitative estimate of drug-likeness (QED) is 0.632. The van der Waals surface area contributed by atoms with Gasteiger partial charge in [0.2, 0.25) is 11.8 Å². The molecule has 2 saturated heterocycles. The van der Waals surface area contributed by atoms with E-state index in [9.17, 15) is 9.59 Å². The van der Waals surface area contributed by atoms with Crippen molar-refractivity contribution in [3.8, 4) is 0 Å². The fourth-order valence-corrected chi connectivity index (χ4v) is 3.60. The summed E-state index contributed by atoms with van der Waals surface area (Å²) in [6, 6.07) is 10.6. The van der Waals surface area contributed by atoms with Crippen molar-refractivity contribution in [1.82, 2.24) is 9.80 Å². The monoisotopic (exact) mass is 404 g/mol. The van der Waals surface area contributed by atoms with Crippen LogP contribution < -0.4 is 0 Å². The Labute approximate surface area is 179 Å². The summed E-state index contributed by atoms with van der Waals surface area (Å²) < 4.78 is 0. The smallest absolute Gasteiger partial charge is 0.222 e. The molecule has 2 amide bonds. The maximum absolute atomic E-state index is 11.5. The first-order valence-electron chi connectivity index (χ1n) is 11.8. The van der Waals surface area contributed by atoms with Crippen LogP contribution in [-0.4, -0.2) is 47.8 Å². The van der Waals surface area contributed by atoms with E-state index in [0.29, 0.717) is 30.6 Å². The number of nitrogens with zero attached hydrogens (tertiary/aromatic N) is 2. The minimum Gasteiger partial charge on any atom is -0.343 e. The summed E-state index contributed by atoms with van der Waals surface area (Å²) in [5.74, 6) is 1.25. The summed E-state index contributed by atoms with van der Waals surface area (Å²) in [7, 11) is 0. The number of rotatable bonds is 3. The van der Waals surface area contributed by atoms with Crippen molar-refractivity contribution in [2.45, 2.75) is 86.0 Å². The molecule has 0 spiro atoms. The molecule has 0 aromatic heterocycles. The highest BCUT2D eigenvalue weighted by atomic mass is 16.2. The summed E-state index contributed by atoms with van der Waals surface area (Å²) in [6.45, 7) is 15.7. The number of benzene rings is 1. The van der Waals surface area contributed by atoms with E-state index in [-0.39, 0.29) is 0 Å². The van der Waals surface area contributed by atoms with Crippen LogP contribution in [0.5, 0.6) is 0 Å². The lowest BCUT2D eigenvalue weighted by atomic mass is 9.89. The number of likely N-dealkylation sites (tertiary alicyclic amines) is 2. The lowest BCUT2D eigenvalue weighted by Gasteiger charge is -2.32. The molecule has 0 radical (unpaired) electrons. The van der Waals surface area contributed by atoms with Crippen molar-refractivity contribution < 1.29 is 9.59 Å². The lowest BCUT2D eigenvalue weighted by molar-refractivity contribution is -0.132. The SMILES string of the molecule is CC.CC.CCC(=O)N1CCC(c2ccccc2)CC1.CCC(=O)N1CCCC1. The van der Waals surface area contributed by atoms with Crippen LogP contribution in [-0.2, 0) is 9.59 Å². The van der Waals surface area contributed by atoms with Crippen molar-refractivity contribution >= 4 is 11.8 Å². The molecule has 4 nitrogen and oxygen atoms in total. The number of hydrogen-bond donors (Lipinski definition) is 0. The normalized spacial score (nSPS) is 15.8. The number of piperidine rings is 1. The zero-order valence-corrected chi connectivity index (χ0v) is 19.7. The second-order valence-corrected chi connectivity index (χ2v) is 6.86. The highest BCUT2D eigenvalue weighted by Gasteiger charge is 2.22. The highest BCUT2D eigenvalue weighted by Crippen LogP contribution is 2.27. The molecule has 0 unspecified atom stereocenters. The fourth-order valence-electron chi connectivity index (χ4n) is 3.60. The number of hydrogen-bond acceptors (Lipinski definition) is 2. The molecule has 1 aromatic rings. The zero-order chi connectivity index (χ0) is 22.1. The average molecular weight is 405 g/mol. The Morgan fingerprint density at radius 3 is 1.59 bits per heavy atom. The van der Waals surface area contributed by atoms with E-state index in [2.05, 4.69) is 30.3 Å². The molecule has 1 aromatic carbocycles. The van der Waals surface area contributed by atoms with E-state index in [1.165, 1.54) is 18.4 Å². The van der Waals surface area contributed by atoms with E-state index in [1.54, 1.807) is 0 Å². The summed E-state index contributed by atoms with van der Waals surface area (Å²) >= 11 is 0. The number of carbonyl (C=O) groups excluding carboxylic acids is 2. The lowest BCUT2D eigenvalue weighted by Crippen LogP contribution is -2.37. The van der Waals surface area contributed by atoms with Crippen LogP contribution in [0.2, 0.25) is 0 Å². The molecule has 0 saturated carbocycles. The summed E-state index contributed by atoms with van der Waals surface area (Å²) in [6.07, 6.45) is 5.92. The molecule has 0 atom stereocenters. The van der Waals surface area contributed by atoms with Crippen LogP contribution in [0.3, 0.4) is 0 Å². The van der Waals surface area contributed by atoms with E-state index < -0.39 is 0 Å². The van der Waals surface area contributed by atoms with Gasteiger partial charge in [-0.2, -0.15) is 0 Å². The first-order valence-corrected chi connectivity index (χ1v) is 11.8. The minimum absolute atomic E-state index is 0.298. The summed E-state index contributed by atoms with van der Waals surface area (Å²) in [5.41, 5.74) is 1.42. The molecule has 2 heterocycles. The second kappa shape index (κ2) is 17.1. The zero-order valence-electron chi connectivity index (χ0n) is 19.7. The average Bonchev–Trinajstić information content (AvgIpc) is 3.37. The topological polar surface area (TPSA) is 40.6 Å². The molecule has 4 heteroatoms. The Hall–Kier alpha value is -1.84. The first kappa shape index (κ1) is 27.2. The van der Waals surface area contributed by atoms with Crippen molar-refractivity contribution in [2.75, 3.05) is 26.2 Å². The van der Waals surface area contributed by atoms with Crippen LogP contribution in [0, 0.1) is 0 Å². The van der Waals surface area contributed by atoms with Crippen LogP contribution in [0.25, 0.3) is 0 Å². The predicted molar refractivity (Wildman–Crippen MR) is 124 cm³/mol. The maximum atomic E-state index is 11.5. The van der Waals surface area contributed by atoms with Gasteiger partial charge in [-0.05, 0) is 37.2 Å². The molecular weight excluding hydrogens is 360 g/mol. The van der Waals surface area contributed by atoms with Gasteiger partial charge in [0.1, 0.15) is 0 Å². The van der Waals surface area contributed by atoms with Gasteiger partial charge in [0.05, 0.1) is 0 Å². The van der Waals surface area contributed by atoms with E-state index in [1.807, 2.05) is 51.3 Å². The first-order chi connectivity index (χ1) is 14.2. The van der Waals surface area contributed by atoms with Gasteiger partial charge in [-0.25, -0.2) is 0 Å². The summed E-state index contributed by atoms with van der Waals surface area (Å²) in [4.78, 5) is 26.4. The third-order valence-electron chi connectivity index (χ3n) is 5.18. The molecule has 2 aliphatic rings. The molecule has 0 bridgehead atoms. The van der Waals surface area contributed by atoms with E-state index >= 15 is 0 Å². The Balaban J connectivity index is 0.000000513. The van der Waals surface area contributed by atoms with Crippen molar-refractivity contribution in [1.29, 1.82) is 0 Å². The van der Waals surface area contributed by atoms with Crippen molar-refractivity contribution in [3.63, 3.8) is 0 Å². The van der Waals surface area contributed by atoms with E-state index in [4.69, 9.17) is 0 Å². The molecule has 0 N–H and O–H groups in total. The van der Waals surface area contributed by atoms with Crippen molar-refractivity contribution in [2.24, 2.45) is 0 Å². The van der Waals surface area contributed by atoms with E-state index in [0.717, 1.165) is 39.0 Å². The van der Waals surface area contributed by atoms with Gasteiger partial charge >= 0.3 is 0 Å². The molecule has 0 aliphatic carbocycles. The van der Waals surface area contributed by atoms with Gasteiger partial charge in [-0.15, -0.1) is 0 Å². The summed E-state index contributed by atoms with van der Waals surface area (Å²) in [5, 5.41) is 0. The van der Waals surface area contributed by atoms with Crippen LogP contribution in [0.15, 0.2) is 30.3 Å². The molecular formula is C25H44N2O2. The Bertz CT molecular complexity index is 531. The number of carbonyl (C=O) groups is 2. The van der Waals surface area contributed by atoms with Crippen LogP contribution >= 0.6 is 0 Å². The molecule has 166 valence electrons. The largest absolute Gasteiger partial charge is 0.343 e. The van der Waals surface area contributed by atoms with Gasteiger partial charge in [0.15, 0.2) is 0 Å². The third-order valence-corrected chi connectivity index (χ3v) is 5.18. The standard InChI is InChI=1S/C14H19NO.C7H13NO.2C2H6/c1-2-14(16)15-10-8-13(9-11-15)12-6-4-3-5-7-12;1-2-7(9)8-5-3-4-6-8;2*1-2/h3-7,13H,2,8-11H2,1H3;2-6H2,1H3;2*1-2H3. The van der Waals surface area contributed by atoms with Crippen LogP contribution in [0.1, 0.15) is 91.5 Å². The molecule has 2 fully saturated rings. The van der Waals surface area contributed by atoms with Gasteiger partial charge < -0.3 is 9.80 Å². The molecule has 3 rings (SSSR count). The Morgan fingerprint density at radius 2 is 1.17 bits per heavy atom. The van der Waals surface area contributed by atoms with Crippen molar-refractivity contribution in [3.05, 3.63) is 35.9 Å². The maximum Gasteiger partial charge on any atom is 0.222 e. The van der Waals surface area contributed by atoms with Gasteiger partial charge in [-0.3, -0.25) is 9.59 Å². The Kier molecular flexibility index (Phi) is 16.0. The predicted octanol–water partition coefficient (Wildman–Crippen LogP) is 5.87. The van der Waals surface area contributed by atoms with Gasteiger partial charge in [0, 0.05) is 39.0 Å². The second-order valence-electron chi connectivity index (χ2n) is 6.86. The van der Waals surface area contributed by atoms with Gasteiger partial charge in [-0.1, -0.05) is 71.9 Å². The minimum atomic E-state index is 0.298. The third kappa shape index (κ3) is 9.96. The van der Waals surface area contributed by atoms with Crippen LogP contribution in [0.4, 0.5) is 0 Å². The fraction of sp³-hybridized carbons (Fsp3) is 0.680. The van der Waals surface area contributed by atoms with Gasteiger partial charge in [0.25, 0.3) is 0 Å².